The number of nitrogen functional groups attached to an aromatic ring is 1. The van der Waals surface area contributed by atoms with Gasteiger partial charge in [0.25, 0.3) is 5.91 Å². The number of halogens is 1. The number of nitrogens with two attached hydrogens (primary N) is 1. The molecule has 0 bridgehead atoms. The average molecular weight is 258 g/mol. The van der Waals surface area contributed by atoms with Gasteiger partial charge in [-0.2, -0.15) is 0 Å². The highest BCUT2D eigenvalue weighted by Gasteiger charge is 2.10. The minimum Gasteiger partial charge on any atom is -0.398 e. The van der Waals surface area contributed by atoms with E-state index in [9.17, 15) is 9.18 Å². The van der Waals surface area contributed by atoms with E-state index in [-0.39, 0.29) is 11.7 Å². The molecule has 0 spiro atoms. The molecule has 3 N–H and O–H groups in total. The highest BCUT2D eigenvalue weighted by molar-refractivity contribution is 6.05. The molecule has 1 amide bonds. The highest BCUT2D eigenvalue weighted by atomic mass is 19.1. The number of carbonyl (C=O) groups excluding carboxylic acids is 1. The van der Waals surface area contributed by atoms with Crippen LogP contribution in [0.4, 0.5) is 15.8 Å². The van der Waals surface area contributed by atoms with Crippen molar-refractivity contribution in [2.45, 2.75) is 13.8 Å². The van der Waals surface area contributed by atoms with Crippen molar-refractivity contribution in [1.82, 2.24) is 0 Å². The second-order valence-electron chi connectivity index (χ2n) is 4.48. The molecule has 0 radical (unpaired) electrons. The standard InChI is InChI=1S/C15H15FN2O/c1-9-3-5-12(8-14(9)17)18-15(19)13-6-4-11(16)7-10(13)2/h3-8H,17H2,1-2H3,(H,18,19). The first-order valence-electron chi connectivity index (χ1n) is 5.91. The third-order valence-electron chi connectivity index (χ3n) is 2.97. The van der Waals surface area contributed by atoms with Gasteiger partial charge in [-0.25, -0.2) is 4.39 Å². The lowest BCUT2D eigenvalue weighted by Gasteiger charge is -2.09. The lowest BCUT2D eigenvalue weighted by atomic mass is 10.1. The summed E-state index contributed by atoms with van der Waals surface area (Å²) in [5, 5.41) is 2.75. The van der Waals surface area contributed by atoms with Crippen LogP contribution in [0.1, 0.15) is 21.5 Å². The molecule has 2 rings (SSSR count). The minimum absolute atomic E-state index is 0.277. The molecule has 0 atom stereocenters. The SMILES string of the molecule is Cc1ccc(NC(=O)c2ccc(F)cc2C)cc1N. The number of rotatable bonds is 2. The second kappa shape index (κ2) is 5.10. The molecule has 0 aliphatic rings. The first kappa shape index (κ1) is 13.1. The summed E-state index contributed by atoms with van der Waals surface area (Å²) in [4.78, 5) is 12.1. The van der Waals surface area contributed by atoms with Crippen LogP contribution in [0.3, 0.4) is 0 Å². The predicted molar refractivity (Wildman–Crippen MR) is 74.7 cm³/mol. The number of anilines is 2. The molecule has 0 heterocycles. The third-order valence-corrected chi connectivity index (χ3v) is 2.97. The summed E-state index contributed by atoms with van der Waals surface area (Å²) in [6.07, 6.45) is 0. The maximum Gasteiger partial charge on any atom is 0.255 e. The van der Waals surface area contributed by atoms with Crippen molar-refractivity contribution in [3.63, 3.8) is 0 Å². The molecule has 3 nitrogen and oxygen atoms in total. The van der Waals surface area contributed by atoms with E-state index in [2.05, 4.69) is 5.32 Å². The van der Waals surface area contributed by atoms with Crippen LogP contribution >= 0.6 is 0 Å². The molecule has 0 aliphatic carbocycles. The van der Waals surface area contributed by atoms with E-state index in [1.165, 1.54) is 18.2 Å². The molecule has 2 aromatic rings. The quantitative estimate of drug-likeness (QED) is 0.812. The molecular weight excluding hydrogens is 243 g/mol. The number of aryl methyl sites for hydroxylation is 2. The smallest absolute Gasteiger partial charge is 0.255 e. The molecule has 0 unspecified atom stereocenters. The van der Waals surface area contributed by atoms with E-state index in [1.807, 2.05) is 13.0 Å². The number of amides is 1. The first-order valence-corrected chi connectivity index (χ1v) is 5.91. The fourth-order valence-electron chi connectivity index (χ4n) is 1.80. The Kier molecular flexibility index (Phi) is 3.51. The Hall–Kier alpha value is -2.36. The number of carbonyl (C=O) groups is 1. The summed E-state index contributed by atoms with van der Waals surface area (Å²) < 4.78 is 13.0. The predicted octanol–water partition coefficient (Wildman–Crippen LogP) is 3.28. The summed E-state index contributed by atoms with van der Waals surface area (Å²) in [5.41, 5.74) is 9.02. The van der Waals surface area contributed by atoms with Gasteiger partial charge in [0.05, 0.1) is 0 Å². The molecule has 4 heteroatoms. The van der Waals surface area contributed by atoms with Crippen molar-refractivity contribution in [3.05, 3.63) is 58.9 Å². The van der Waals surface area contributed by atoms with Crippen molar-refractivity contribution in [1.29, 1.82) is 0 Å². The van der Waals surface area contributed by atoms with Gasteiger partial charge in [0.1, 0.15) is 5.82 Å². The molecule has 98 valence electrons. The van der Waals surface area contributed by atoms with Crippen LogP contribution < -0.4 is 11.1 Å². The molecule has 0 saturated heterocycles. The van der Waals surface area contributed by atoms with Crippen molar-refractivity contribution < 1.29 is 9.18 Å². The minimum atomic E-state index is -0.353. The number of hydrogen-bond acceptors (Lipinski definition) is 2. The van der Waals surface area contributed by atoms with E-state index in [1.54, 1.807) is 19.1 Å². The van der Waals surface area contributed by atoms with Crippen molar-refractivity contribution in [2.24, 2.45) is 0 Å². The van der Waals surface area contributed by atoms with Crippen LogP contribution in [0.15, 0.2) is 36.4 Å². The zero-order valence-electron chi connectivity index (χ0n) is 10.8. The third kappa shape index (κ3) is 2.91. The van der Waals surface area contributed by atoms with E-state index in [4.69, 9.17) is 5.73 Å². The topological polar surface area (TPSA) is 55.1 Å². The number of benzene rings is 2. The van der Waals surface area contributed by atoms with Crippen LogP contribution in [0.25, 0.3) is 0 Å². The fraction of sp³-hybridized carbons (Fsp3) is 0.133. The number of nitrogens with one attached hydrogen (secondary N) is 1. The second-order valence-corrected chi connectivity index (χ2v) is 4.48. The molecule has 0 aliphatic heterocycles. The van der Waals surface area contributed by atoms with Gasteiger partial charge in [0.2, 0.25) is 0 Å². The van der Waals surface area contributed by atoms with Gasteiger partial charge in [-0.1, -0.05) is 6.07 Å². The summed E-state index contributed by atoms with van der Waals surface area (Å²) in [5.74, 6) is -0.630. The monoisotopic (exact) mass is 258 g/mol. The van der Waals surface area contributed by atoms with Crippen molar-refractivity contribution in [2.75, 3.05) is 11.1 Å². The highest BCUT2D eigenvalue weighted by Crippen LogP contribution is 2.18. The maximum atomic E-state index is 13.0. The molecule has 0 fully saturated rings. The molecule has 0 aromatic heterocycles. The van der Waals surface area contributed by atoms with E-state index in [0.29, 0.717) is 22.5 Å². The van der Waals surface area contributed by atoms with Crippen LogP contribution in [0.5, 0.6) is 0 Å². The van der Waals surface area contributed by atoms with Crippen LogP contribution in [-0.2, 0) is 0 Å². The normalized spacial score (nSPS) is 10.3. The molecule has 2 aromatic carbocycles. The van der Waals surface area contributed by atoms with Crippen molar-refractivity contribution >= 4 is 17.3 Å². The van der Waals surface area contributed by atoms with E-state index in [0.717, 1.165) is 5.56 Å². The Morgan fingerprint density at radius 3 is 2.47 bits per heavy atom. The summed E-state index contributed by atoms with van der Waals surface area (Å²) in [6.45, 7) is 3.59. The Labute approximate surface area is 111 Å². The van der Waals surface area contributed by atoms with Gasteiger partial charge in [0, 0.05) is 16.9 Å². The Morgan fingerprint density at radius 2 is 1.84 bits per heavy atom. The van der Waals surface area contributed by atoms with Gasteiger partial charge in [-0.3, -0.25) is 4.79 Å². The van der Waals surface area contributed by atoms with Crippen LogP contribution in [0, 0.1) is 19.7 Å². The maximum absolute atomic E-state index is 13.0. The Balaban J connectivity index is 2.23. The van der Waals surface area contributed by atoms with Gasteiger partial charge >= 0.3 is 0 Å². The van der Waals surface area contributed by atoms with Crippen LogP contribution in [-0.4, -0.2) is 5.91 Å². The summed E-state index contributed by atoms with van der Waals surface area (Å²) >= 11 is 0. The largest absolute Gasteiger partial charge is 0.398 e. The van der Waals surface area contributed by atoms with Crippen molar-refractivity contribution in [3.8, 4) is 0 Å². The van der Waals surface area contributed by atoms with Gasteiger partial charge < -0.3 is 11.1 Å². The first-order chi connectivity index (χ1) is 8.97. The van der Waals surface area contributed by atoms with E-state index >= 15 is 0 Å². The van der Waals surface area contributed by atoms with E-state index < -0.39 is 0 Å². The zero-order valence-corrected chi connectivity index (χ0v) is 10.8. The van der Waals surface area contributed by atoms with Gasteiger partial charge in [-0.15, -0.1) is 0 Å². The summed E-state index contributed by atoms with van der Waals surface area (Å²) in [7, 11) is 0. The summed E-state index contributed by atoms with van der Waals surface area (Å²) in [6, 6.07) is 9.39. The Morgan fingerprint density at radius 1 is 1.11 bits per heavy atom. The number of hydrogen-bond donors (Lipinski definition) is 2. The van der Waals surface area contributed by atoms with Gasteiger partial charge in [-0.05, 0) is 55.3 Å². The average Bonchev–Trinajstić information content (AvgIpc) is 2.33. The molecular formula is C15H15FN2O. The van der Waals surface area contributed by atoms with Crippen LogP contribution in [0.2, 0.25) is 0 Å². The lowest BCUT2D eigenvalue weighted by Crippen LogP contribution is -2.13. The molecule has 0 saturated carbocycles. The molecule has 19 heavy (non-hydrogen) atoms. The zero-order chi connectivity index (χ0) is 14.0. The lowest BCUT2D eigenvalue weighted by molar-refractivity contribution is 0.102. The van der Waals surface area contributed by atoms with Gasteiger partial charge in [0.15, 0.2) is 0 Å². The Bertz CT molecular complexity index is 638. The fourth-order valence-corrected chi connectivity index (χ4v) is 1.80.